The first kappa shape index (κ1) is 25.8. The highest BCUT2D eigenvalue weighted by molar-refractivity contribution is 6.05. The van der Waals surface area contributed by atoms with Gasteiger partial charge in [0, 0.05) is 28.0 Å². The molecule has 8 rings (SSSR count). The van der Waals surface area contributed by atoms with Gasteiger partial charge in [0.25, 0.3) is 0 Å². The van der Waals surface area contributed by atoms with Crippen molar-refractivity contribution in [1.82, 2.24) is 4.98 Å². The number of fused-ring (bicyclic) bond motifs is 3. The third-order valence-corrected chi connectivity index (χ3v) is 8.10. The van der Waals surface area contributed by atoms with Crippen LogP contribution in [0.5, 0.6) is 0 Å². The van der Waals surface area contributed by atoms with Gasteiger partial charge < -0.3 is 9.32 Å². The summed E-state index contributed by atoms with van der Waals surface area (Å²) in [6.07, 6.45) is 0. The third kappa shape index (κ3) is 4.81. The number of oxazole rings is 1. The first-order valence-corrected chi connectivity index (χ1v) is 14.8. The van der Waals surface area contributed by atoms with E-state index in [0.717, 1.165) is 44.5 Å². The Kier molecular flexibility index (Phi) is 6.47. The van der Waals surface area contributed by atoms with E-state index in [9.17, 15) is 0 Å². The Bertz CT molecular complexity index is 2100. The molecule has 0 aliphatic heterocycles. The predicted octanol–water partition coefficient (Wildman–Crippen LogP) is 11.5. The zero-order valence-corrected chi connectivity index (χ0v) is 24.0. The van der Waals surface area contributed by atoms with Crippen LogP contribution >= 0.6 is 0 Å². The van der Waals surface area contributed by atoms with Crippen LogP contribution in [-0.2, 0) is 0 Å². The fraction of sp³-hybridized carbons (Fsp3) is 0. The van der Waals surface area contributed by atoms with E-state index in [2.05, 4.69) is 126 Å². The van der Waals surface area contributed by atoms with E-state index < -0.39 is 0 Å². The van der Waals surface area contributed by atoms with Crippen molar-refractivity contribution in [3.63, 3.8) is 0 Å². The van der Waals surface area contributed by atoms with Gasteiger partial charge in [-0.1, -0.05) is 109 Å². The van der Waals surface area contributed by atoms with Gasteiger partial charge in [-0.05, 0) is 88.3 Å². The quantitative estimate of drug-likeness (QED) is 0.201. The van der Waals surface area contributed by atoms with Crippen molar-refractivity contribution in [3.8, 4) is 33.7 Å². The van der Waals surface area contributed by atoms with Crippen LogP contribution in [0.1, 0.15) is 0 Å². The van der Waals surface area contributed by atoms with Gasteiger partial charge in [0.15, 0.2) is 5.58 Å². The van der Waals surface area contributed by atoms with Crippen molar-refractivity contribution < 1.29 is 4.42 Å². The molecule has 0 saturated heterocycles. The lowest BCUT2D eigenvalue weighted by Crippen LogP contribution is -2.09. The minimum atomic E-state index is 0.635. The molecule has 0 atom stereocenters. The summed E-state index contributed by atoms with van der Waals surface area (Å²) in [5.74, 6) is 0.635. The lowest BCUT2D eigenvalue weighted by Gasteiger charge is -2.26. The maximum Gasteiger partial charge on any atom is 0.227 e. The molecule has 44 heavy (non-hydrogen) atoms. The molecule has 1 heterocycles. The van der Waals surface area contributed by atoms with Crippen LogP contribution in [0, 0.1) is 0 Å². The molecule has 0 amide bonds. The third-order valence-electron chi connectivity index (χ3n) is 8.10. The summed E-state index contributed by atoms with van der Waals surface area (Å²) in [6, 6.07) is 59.3. The van der Waals surface area contributed by atoms with Crippen LogP contribution in [0.15, 0.2) is 174 Å². The van der Waals surface area contributed by atoms with Crippen molar-refractivity contribution in [3.05, 3.63) is 170 Å². The zero-order valence-electron chi connectivity index (χ0n) is 24.0. The Morgan fingerprint density at radius 3 is 1.43 bits per heavy atom. The number of rotatable bonds is 6. The molecule has 1 aromatic heterocycles. The number of hydrogen-bond acceptors (Lipinski definition) is 3. The molecule has 3 nitrogen and oxygen atoms in total. The summed E-state index contributed by atoms with van der Waals surface area (Å²) in [6.45, 7) is 0. The molecule has 0 radical (unpaired) electrons. The van der Waals surface area contributed by atoms with Crippen LogP contribution in [0.25, 0.3) is 55.6 Å². The molecule has 0 spiro atoms. The number of aromatic nitrogens is 1. The number of hydrogen-bond donors (Lipinski definition) is 0. The Balaban J connectivity index is 1.22. The molecular weight excluding hydrogens is 536 g/mol. The smallest absolute Gasteiger partial charge is 0.227 e. The van der Waals surface area contributed by atoms with Crippen LogP contribution < -0.4 is 4.90 Å². The van der Waals surface area contributed by atoms with Gasteiger partial charge in [0.05, 0.1) is 0 Å². The Morgan fingerprint density at radius 2 is 0.886 bits per heavy atom. The molecular formula is C41H28N2O. The van der Waals surface area contributed by atoms with E-state index in [0.29, 0.717) is 5.89 Å². The molecule has 0 aliphatic rings. The summed E-state index contributed by atoms with van der Waals surface area (Å²) in [5, 5.41) is 2.14. The standard InChI is InChI=1S/C41H28N2O/c1-4-10-29(11-5-1)31-16-21-35(22-17-31)43(36-23-18-32(19-24-36)30-12-6-2-7-13-30)37-25-26-38-34(28-37)20-27-39-40(38)44-41(42-39)33-14-8-3-9-15-33/h1-28H. The van der Waals surface area contributed by atoms with Gasteiger partial charge in [0.1, 0.15) is 5.52 Å². The molecule has 8 aromatic rings. The highest BCUT2D eigenvalue weighted by Crippen LogP contribution is 2.39. The SMILES string of the molecule is c1ccc(-c2ccc(N(c3ccc(-c4ccccc4)cc3)c3ccc4c(ccc5nc(-c6ccccc6)oc54)c3)cc2)cc1. The minimum absolute atomic E-state index is 0.635. The van der Waals surface area contributed by atoms with Crippen LogP contribution in [-0.4, -0.2) is 4.98 Å². The molecule has 0 N–H and O–H groups in total. The summed E-state index contributed by atoms with van der Waals surface area (Å²) < 4.78 is 6.32. The Labute approximate surface area is 256 Å². The maximum absolute atomic E-state index is 6.32. The van der Waals surface area contributed by atoms with Crippen molar-refractivity contribution >= 4 is 38.9 Å². The van der Waals surface area contributed by atoms with E-state index in [4.69, 9.17) is 9.40 Å². The van der Waals surface area contributed by atoms with Gasteiger partial charge >= 0.3 is 0 Å². The summed E-state index contributed by atoms with van der Waals surface area (Å²) in [5.41, 5.74) is 10.7. The number of anilines is 3. The van der Waals surface area contributed by atoms with Crippen LogP contribution in [0.2, 0.25) is 0 Å². The van der Waals surface area contributed by atoms with Gasteiger partial charge in [-0.25, -0.2) is 4.98 Å². The van der Waals surface area contributed by atoms with Gasteiger partial charge in [-0.2, -0.15) is 0 Å². The topological polar surface area (TPSA) is 29.3 Å². The molecule has 3 heteroatoms. The van der Waals surface area contributed by atoms with Crippen LogP contribution in [0.4, 0.5) is 17.1 Å². The van der Waals surface area contributed by atoms with E-state index in [-0.39, 0.29) is 0 Å². The lowest BCUT2D eigenvalue weighted by molar-refractivity contribution is 0.623. The zero-order chi connectivity index (χ0) is 29.3. The average Bonchev–Trinajstić information content (AvgIpc) is 3.55. The first-order chi connectivity index (χ1) is 21.8. The Hall–Kier alpha value is -5.93. The second-order valence-electron chi connectivity index (χ2n) is 10.9. The van der Waals surface area contributed by atoms with Crippen molar-refractivity contribution in [2.24, 2.45) is 0 Å². The monoisotopic (exact) mass is 564 g/mol. The fourth-order valence-electron chi connectivity index (χ4n) is 5.86. The highest BCUT2D eigenvalue weighted by atomic mass is 16.3. The Morgan fingerprint density at radius 1 is 0.409 bits per heavy atom. The lowest BCUT2D eigenvalue weighted by atomic mass is 10.0. The largest absolute Gasteiger partial charge is 0.435 e. The van der Waals surface area contributed by atoms with Gasteiger partial charge in [0.2, 0.25) is 5.89 Å². The molecule has 0 fully saturated rings. The molecule has 0 unspecified atom stereocenters. The van der Waals surface area contributed by atoms with Crippen molar-refractivity contribution in [1.29, 1.82) is 0 Å². The van der Waals surface area contributed by atoms with E-state index in [1.54, 1.807) is 0 Å². The average molecular weight is 565 g/mol. The predicted molar refractivity (Wildman–Crippen MR) is 183 cm³/mol. The van der Waals surface area contributed by atoms with Gasteiger partial charge in [-0.3, -0.25) is 0 Å². The number of nitrogens with zero attached hydrogens (tertiary/aromatic N) is 2. The van der Waals surface area contributed by atoms with Crippen molar-refractivity contribution in [2.45, 2.75) is 0 Å². The summed E-state index contributed by atoms with van der Waals surface area (Å²) in [4.78, 5) is 7.08. The normalized spacial score (nSPS) is 11.2. The van der Waals surface area contributed by atoms with E-state index >= 15 is 0 Å². The molecule has 7 aromatic carbocycles. The molecule has 0 saturated carbocycles. The molecule has 0 aliphatic carbocycles. The number of benzene rings is 7. The van der Waals surface area contributed by atoms with Gasteiger partial charge in [-0.15, -0.1) is 0 Å². The fourth-order valence-corrected chi connectivity index (χ4v) is 5.86. The van der Waals surface area contributed by atoms with Crippen molar-refractivity contribution in [2.75, 3.05) is 4.90 Å². The van der Waals surface area contributed by atoms with Crippen LogP contribution in [0.3, 0.4) is 0 Å². The molecule has 208 valence electrons. The second kappa shape index (κ2) is 11.0. The summed E-state index contributed by atoms with van der Waals surface area (Å²) >= 11 is 0. The maximum atomic E-state index is 6.32. The minimum Gasteiger partial charge on any atom is -0.435 e. The van der Waals surface area contributed by atoms with E-state index in [1.165, 1.54) is 22.3 Å². The second-order valence-corrected chi connectivity index (χ2v) is 10.9. The van der Waals surface area contributed by atoms with E-state index in [1.807, 2.05) is 48.5 Å². The highest BCUT2D eigenvalue weighted by Gasteiger charge is 2.16. The first-order valence-electron chi connectivity index (χ1n) is 14.8. The molecule has 0 bridgehead atoms. The summed E-state index contributed by atoms with van der Waals surface area (Å²) in [7, 11) is 0.